The second-order valence-electron chi connectivity index (χ2n) is 3.94. The van der Waals surface area contributed by atoms with Crippen molar-refractivity contribution < 1.29 is 31.1 Å². The van der Waals surface area contributed by atoms with Crippen molar-refractivity contribution in [3.8, 4) is 11.5 Å². The summed E-state index contributed by atoms with van der Waals surface area (Å²) in [6.45, 7) is 0. The lowest BCUT2D eigenvalue weighted by molar-refractivity contribution is -0.138. The van der Waals surface area contributed by atoms with Crippen LogP contribution in [0.4, 0.5) is 26.3 Å². The van der Waals surface area contributed by atoms with Gasteiger partial charge >= 0.3 is 6.18 Å². The van der Waals surface area contributed by atoms with Gasteiger partial charge in [0, 0.05) is 6.07 Å². The van der Waals surface area contributed by atoms with E-state index >= 15 is 0 Å². The standard InChI is InChI=1S/C13H5BrF6O/c14-8-2-1-7(15)5-11(8)21-12-9(16)3-6(4-10(12)17)13(18,19)20/h1-5H. The van der Waals surface area contributed by atoms with Crippen molar-refractivity contribution in [2.24, 2.45) is 0 Å². The molecule has 0 unspecified atom stereocenters. The molecule has 0 aromatic heterocycles. The molecule has 2 aromatic carbocycles. The van der Waals surface area contributed by atoms with Crippen LogP contribution in [0.5, 0.6) is 11.5 Å². The summed E-state index contributed by atoms with van der Waals surface area (Å²) in [4.78, 5) is 0. The molecule has 8 heteroatoms. The summed E-state index contributed by atoms with van der Waals surface area (Å²) in [5.74, 6) is -5.14. The van der Waals surface area contributed by atoms with Crippen LogP contribution in [-0.4, -0.2) is 0 Å². The average Bonchev–Trinajstić information content (AvgIpc) is 2.36. The van der Waals surface area contributed by atoms with Gasteiger partial charge in [-0.15, -0.1) is 0 Å². The topological polar surface area (TPSA) is 9.23 Å². The van der Waals surface area contributed by atoms with Gasteiger partial charge in [0.25, 0.3) is 0 Å². The molecule has 0 saturated heterocycles. The molecule has 0 aliphatic carbocycles. The molecule has 2 rings (SSSR count). The number of rotatable bonds is 2. The molecule has 0 bridgehead atoms. The zero-order valence-corrected chi connectivity index (χ0v) is 11.5. The number of alkyl halides is 3. The van der Waals surface area contributed by atoms with E-state index < -0.39 is 34.9 Å². The third kappa shape index (κ3) is 3.49. The van der Waals surface area contributed by atoms with E-state index in [2.05, 4.69) is 15.9 Å². The van der Waals surface area contributed by atoms with Gasteiger partial charge in [0.1, 0.15) is 11.6 Å². The smallest absolute Gasteiger partial charge is 0.416 e. The lowest BCUT2D eigenvalue weighted by Gasteiger charge is -2.12. The molecule has 0 heterocycles. The fourth-order valence-corrected chi connectivity index (χ4v) is 1.81. The molecular formula is C13H5BrF6O. The molecule has 21 heavy (non-hydrogen) atoms. The zero-order valence-electron chi connectivity index (χ0n) is 9.94. The van der Waals surface area contributed by atoms with E-state index in [0.717, 1.165) is 12.1 Å². The van der Waals surface area contributed by atoms with Crippen LogP contribution in [0, 0.1) is 17.5 Å². The Morgan fingerprint density at radius 2 is 1.48 bits per heavy atom. The van der Waals surface area contributed by atoms with Gasteiger partial charge in [-0.2, -0.15) is 13.2 Å². The zero-order chi connectivity index (χ0) is 15.8. The van der Waals surface area contributed by atoms with Gasteiger partial charge in [-0.05, 0) is 40.2 Å². The van der Waals surface area contributed by atoms with Gasteiger partial charge in [0.15, 0.2) is 17.4 Å². The van der Waals surface area contributed by atoms with Crippen LogP contribution in [0.15, 0.2) is 34.8 Å². The maximum Gasteiger partial charge on any atom is 0.416 e. The van der Waals surface area contributed by atoms with Gasteiger partial charge in [-0.25, -0.2) is 13.2 Å². The van der Waals surface area contributed by atoms with Crippen LogP contribution >= 0.6 is 15.9 Å². The Morgan fingerprint density at radius 1 is 0.905 bits per heavy atom. The SMILES string of the molecule is Fc1ccc(Br)c(Oc2c(F)cc(C(F)(F)F)cc2F)c1. The minimum Gasteiger partial charge on any atom is -0.450 e. The summed E-state index contributed by atoms with van der Waals surface area (Å²) in [6, 6.07) is 3.33. The summed E-state index contributed by atoms with van der Waals surface area (Å²) < 4.78 is 82.4. The summed E-state index contributed by atoms with van der Waals surface area (Å²) in [5.41, 5.74) is -1.48. The van der Waals surface area contributed by atoms with Gasteiger partial charge in [-0.3, -0.25) is 0 Å². The average molecular weight is 371 g/mol. The first-order valence-corrected chi connectivity index (χ1v) is 6.17. The Balaban J connectivity index is 2.44. The van der Waals surface area contributed by atoms with E-state index in [1.165, 1.54) is 6.07 Å². The van der Waals surface area contributed by atoms with E-state index in [9.17, 15) is 26.3 Å². The largest absolute Gasteiger partial charge is 0.450 e. The minimum absolute atomic E-state index is 0.103. The number of benzene rings is 2. The summed E-state index contributed by atoms with van der Waals surface area (Å²) >= 11 is 2.97. The van der Waals surface area contributed by atoms with Gasteiger partial charge in [0.2, 0.25) is 0 Å². The molecule has 2 aromatic rings. The second kappa shape index (κ2) is 5.59. The molecule has 0 N–H and O–H groups in total. The molecule has 0 atom stereocenters. The lowest BCUT2D eigenvalue weighted by Crippen LogP contribution is -2.07. The van der Waals surface area contributed by atoms with E-state index in [-0.39, 0.29) is 22.4 Å². The van der Waals surface area contributed by atoms with Crippen molar-refractivity contribution in [1.82, 2.24) is 0 Å². The van der Waals surface area contributed by atoms with Crippen molar-refractivity contribution >= 4 is 15.9 Å². The molecule has 0 saturated carbocycles. The number of hydrogen-bond acceptors (Lipinski definition) is 1. The highest BCUT2D eigenvalue weighted by Crippen LogP contribution is 2.37. The van der Waals surface area contributed by atoms with Crippen molar-refractivity contribution in [3.05, 3.63) is 57.8 Å². The van der Waals surface area contributed by atoms with Crippen LogP contribution in [0.2, 0.25) is 0 Å². The van der Waals surface area contributed by atoms with Gasteiger partial charge in [-0.1, -0.05) is 0 Å². The highest BCUT2D eigenvalue weighted by molar-refractivity contribution is 9.10. The first kappa shape index (κ1) is 15.7. The molecule has 112 valence electrons. The van der Waals surface area contributed by atoms with Crippen molar-refractivity contribution in [3.63, 3.8) is 0 Å². The van der Waals surface area contributed by atoms with Crippen molar-refractivity contribution in [2.75, 3.05) is 0 Å². The first-order chi connectivity index (χ1) is 9.68. The van der Waals surface area contributed by atoms with Crippen molar-refractivity contribution in [2.45, 2.75) is 6.18 Å². The maximum atomic E-state index is 13.6. The Morgan fingerprint density at radius 3 is 2.00 bits per heavy atom. The monoisotopic (exact) mass is 370 g/mol. The number of hydrogen-bond donors (Lipinski definition) is 0. The van der Waals surface area contributed by atoms with Crippen LogP contribution < -0.4 is 4.74 Å². The molecule has 0 radical (unpaired) electrons. The molecular weight excluding hydrogens is 366 g/mol. The van der Waals surface area contributed by atoms with Crippen molar-refractivity contribution in [1.29, 1.82) is 0 Å². The van der Waals surface area contributed by atoms with E-state index in [0.29, 0.717) is 0 Å². The maximum absolute atomic E-state index is 13.6. The summed E-state index contributed by atoms with van der Waals surface area (Å²) in [5, 5.41) is 0. The van der Waals surface area contributed by atoms with E-state index in [4.69, 9.17) is 4.74 Å². The fourth-order valence-electron chi connectivity index (χ4n) is 1.49. The third-order valence-corrected chi connectivity index (χ3v) is 3.09. The van der Waals surface area contributed by atoms with Gasteiger partial charge in [0.05, 0.1) is 10.0 Å². The highest BCUT2D eigenvalue weighted by Gasteiger charge is 2.33. The Bertz CT molecular complexity index is 660. The Hall–Kier alpha value is -1.70. The van der Waals surface area contributed by atoms with Crippen LogP contribution in [0.3, 0.4) is 0 Å². The number of halogens is 7. The fraction of sp³-hybridized carbons (Fsp3) is 0.0769. The van der Waals surface area contributed by atoms with Gasteiger partial charge < -0.3 is 4.74 Å². The predicted molar refractivity (Wildman–Crippen MR) is 65.5 cm³/mol. The van der Waals surface area contributed by atoms with Crippen LogP contribution in [0.1, 0.15) is 5.56 Å². The predicted octanol–water partition coefficient (Wildman–Crippen LogP) is 5.68. The van der Waals surface area contributed by atoms with Crippen LogP contribution in [-0.2, 0) is 6.18 Å². The first-order valence-electron chi connectivity index (χ1n) is 5.37. The minimum atomic E-state index is -4.89. The molecule has 0 amide bonds. The quantitative estimate of drug-likeness (QED) is 0.618. The Labute approximate surface area is 123 Å². The second-order valence-corrected chi connectivity index (χ2v) is 4.80. The summed E-state index contributed by atoms with van der Waals surface area (Å²) in [6.07, 6.45) is -4.89. The molecule has 0 fully saturated rings. The molecule has 0 spiro atoms. The summed E-state index contributed by atoms with van der Waals surface area (Å²) in [7, 11) is 0. The number of ether oxygens (including phenoxy) is 1. The Kier molecular flexibility index (Phi) is 4.18. The molecule has 0 aliphatic rings. The normalized spacial score (nSPS) is 11.6. The van der Waals surface area contributed by atoms with E-state index in [1.54, 1.807) is 0 Å². The lowest BCUT2D eigenvalue weighted by atomic mass is 10.2. The molecule has 1 nitrogen and oxygen atoms in total. The third-order valence-electron chi connectivity index (χ3n) is 2.43. The highest BCUT2D eigenvalue weighted by atomic mass is 79.9. The van der Waals surface area contributed by atoms with E-state index in [1.807, 2.05) is 0 Å². The molecule has 0 aliphatic heterocycles. The van der Waals surface area contributed by atoms with Crippen LogP contribution in [0.25, 0.3) is 0 Å².